The highest BCUT2D eigenvalue weighted by molar-refractivity contribution is 6.09. The van der Waals surface area contributed by atoms with Crippen LogP contribution in [0.4, 0.5) is 11.4 Å². The Morgan fingerprint density at radius 3 is 2.56 bits per heavy atom. The highest BCUT2D eigenvalue weighted by Crippen LogP contribution is 2.33. The molecule has 0 fully saturated rings. The number of nitrogens with one attached hydrogen (secondary N) is 2. The molecule has 0 saturated heterocycles. The van der Waals surface area contributed by atoms with E-state index in [0.29, 0.717) is 29.1 Å². The molecule has 3 aromatic rings. The van der Waals surface area contributed by atoms with Crippen LogP contribution in [0.2, 0.25) is 0 Å². The zero-order valence-corrected chi connectivity index (χ0v) is 14.2. The van der Waals surface area contributed by atoms with E-state index in [0.717, 1.165) is 17.9 Å². The van der Waals surface area contributed by atoms with Crippen LogP contribution in [0.25, 0.3) is 11.0 Å². The summed E-state index contributed by atoms with van der Waals surface area (Å²) >= 11 is 0. The summed E-state index contributed by atoms with van der Waals surface area (Å²) in [7, 11) is 2.06. The van der Waals surface area contributed by atoms with Gasteiger partial charge in [0.25, 0.3) is 5.91 Å². The first-order valence-corrected chi connectivity index (χ1v) is 8.37. The highest BCUT2D eigenvalue weighted by atomic mass is 16.2. The molecule has 128 valence electrons. The van der Waals surface area contributed by atoms with Gasteiger partial charge in [0.15, 0.2) is 0 Å². The molecular formula is C19H20N4O2. The lowest BCUT2D eigenvalue weighted by molar-refractivity contribution is 0.0984. The van der Waals surface area contributed by atoms with E-state index in [9.17, 15) is 9.59 Å². The van der Waals surface area contributed by atoms with Gasteiger partial charge < -0.3 is 19.8 Å². The summed E-state index contributed by atoms with van der Waals surface area (Å²) in [5.41, 5.74) is 3.61. The first-order valence-electron chi connectivity index (χ1n) is 8.37. The lowest BCUT2D eigenvalue weighted by atomic mass is 10.1. The number of imidazole rings is 1. The molecule has 0 saturated carbocycles. The van der Waals surface area contributed by atoms with Crippen LogP contribution < -0.4 is 15.5 Å². The fraction of sp³-hybridized carbons (Fsp3) is 0.263. The first kappa shape index (κ1) is 15.5. The van der Waals surface area contributed by atoms with Gasteiger partial charge in [-0.25, -0.2) is 4.79 Å². The monoisotopic (exact) mass is 336 g/mol. The van der Waals surface area contributed by atoms with Crippen LogP contribution in [0.15, 0.2) is 47.3 Å². The van der Waals surface area contributed by atoms with Crippen molar-refractivity contribution in [3.63, 3.8) is 0 Å². The number of anilines is 2. The molecule has 6 heteroatoms. The van der Waals surface area contributed by atoms with E-state index in [-0.39, 0.29) is 11.6 Å². The predicted octanol–water partition coefficient (Wildman–Crippen LogP) is 2.59. The number of rotatable bonds is 1. The van der Waals surface area contributed by atoms with Crippen LogP contribution in [0.3, 0.4) is 0 Å². The summed E-state index contributed by atoms with van der Waals surface area (Å²) in [5.74, 6) is 0.288. The second kappa shape index (κ2) is 5.81. The topological polar surface area (TPSA) is 72.2 Å². The van der Waals surface area contributed by atoms with Gasteiger partial charge in [0.05, 0.1) is 22.4 Å². The smallest absolute Gasteiger partial charge is 0.323 e. The van der Waals surface area contributed by atoms with Crippen LogP contribution in [0, 0.1) is 5.92 Å². The Hall–Kier alpha value is -3.02. The average molecular weight is 336 g/mol. The van der Waals surface area contributed by atoms with Crippen molar-refractivity contribution in [2.45, 2.75) is 6.92 Å². The third kappa shape index (κ3) is 2.69. The van der Waals surface area contributed by atoms with Gasteiger partial charge >= 0.3 is 5.69 Å². The predicted molar refractivity (Wildman–Crippen MR) is 99.5 cm³/mol. The first-order chi connectivity index (χ1) is 12.0. The van der Waals surface area contributed by atoms with E-state index in [2.05, 4.69) is 28.8 Å². The Kier molecular flexibility index (Phi) is 3.60. The maximum atomic E-state index is 13.2. The van der Waals surface area contributed by atoms with Crippen LogP contribution in [0.1, 0.15) is 17.3 Å². The molecule has 2 N–H and O–H groups in total. The van der Waals surface area contributed by atoms with Crippen LogP contribution in [-0.2, 0) is 0 Å². The molecule has 2 aromatic carbocycles. The summed E-state index contributed by atoms with van der Waals surface area (Å²) in [6, 6.07) is 13.2. The van der Waals surface area contributed by atoms with Crippen LogP contribution >= 0.6 is 0 Å². The number of H-pyrrole nitrogens is 2. The van der Waals surface area contributed by atoms with Gasteiger partial charge in [-0.15, -0.1) is 0 Å². The molecule has 25 heavy (non-hydrogen) atoms. The number of hydrogen-bond acceptors (Lipinski definition) is 3. The molecule has 1 aromatic heterocycles. The Morgan fingerprint density at radius 1 is 1.04 bits per heavy atom. The number of carbonyl (C=O) groups is 1. The number of carbonyl (C=O) groups excluding carboxylic acids is 1. The van der Waals surface area contributed by atoms with Gasteiger partial charge in [-0.05, 0) is 36.2 Å². The number of nitrogens with zero attached hydrogens (tertiary/aromatic N) is 2. The largest absolute Gasteiger partial charge is 0.373 e. The molecule has 0 bridgehead atoms. The lowest BCUT2D eigenvalue weighted by Crippen LogP contribution is -2.34. The molecule has 2 heterocycles. The number of fused-ring (bicyclic) bond motifs is 2. The van der Waals surface area contributed by atoms with Crippen molar-refractivity contribution < 1.29 is 4.79 Å². The number of aromatic nitrogens is 2. The van der Waals surface area contributed by atoms with Gasteiger partial charge in [0, 0.05) is 25.7 Å². The highest BCUT2D eigenvalue weighted by Gasteiger charge is 2.27. The molecule has 4 rings (SSSR count). The minimum absolute atomic E-state index is 0.0569. The zero-order chi connectivity index (χ0) is 17.6. The van der Waals surface area contributed by atoms with Gasteiger partial charge in [0.1, 0.15) is 0 Å². The summed E-state index contributed by atoms with van der Waals surface area (Å²) in [6.45, 7) is 3.70. The Balaban J connectivity index is 1.79. The maximum absolute atomic E-state index is 13.2. The second-order valence-corrected chi connectivity index (χ2v) is 6.73. The Bertz CT molecular complexity index is 1000. The third-order valence-electron chi connectivity index (χ3n) is 4.67. The average Bonchev–Trinajstić information content (AvgIpc) is 2.92. The summed E-state index contributed by atoms with van der Waals surface area (Å²) in [4.78, 5) is 34.1. The van der Waals surface area contributed by atoms with Crippen molar-refractivity contribution in [1.29, 1.82) is 0 Å². The number of para-hydroxylation sites is 2. The van der Waals surface area contributed by atoms with E-state index in [4.69, 9.17) is 0 Å². The number of hydrogen-bond donors (Lipinski definition) is 2. The summed E-state index contributed by atoms with van der Waals surface area (Å²) in [5, 5.41) is 0. The van der Waals surface area contributed by atoms with E-state index >= 15 is 0 Å². The molecule has 6 nitrogen and oxygen atoms in total. The van der Waals surface area contributed by atoms with Crippen molar-refractivity contribution in [1.82, 2.24) is 9.97 Å². The zero-order valence-electron chi connectivity index (χ0n) is 14.2. The normalized spacial score (nSPS) is 17.4. The standard InChI is InChI=1S/C19H20N4O2/c1-12-10-22(2)16-5-3-4-6-17(16)23(11-12)18(24)13-7-8-14-15(9-13)21-19(25)20-14/h3-9,12H,10-11H2,1-2H3,(H2,20,21,25). The summed E-state index contributed by atoms with van der Waals surface area (Å²) < 4.78 is 0. The van der Waals surface area contributed by atoms with Crippen molar-refractivity contribution in [3.05, 3.63) is 58.5 Å². The van der Waals surface area contributed by atoms with Crippen LogP contribution in [0.5, 0.6) is 0 Å². The van der Waals surface area contributed by atoms with Crippen molar-refractivity contribution in [2.75, 3.05) is 29.9 Å². The molecule has 0 radical (unpaired) electrons. The van der Waals surface area contributed by atoms with E-state index < -0.39 is 0 Å². The van der Waals surface area contributed by atoms with E-state index in [1.54, 1.807) is 18.2 Å². The molecule has 1 amide bonds. The Labute approximate surface area is 145 Å². The molecule has 0 aliphatic carbocycles. The molecule has 1 aliphatic heterocycles. The number of benzene rings is 2. The van der Waals surface area contributed by atoms with Crippen LogP contribution in [-0.4, -0.2) is 36.0 Å². The molecule has 1 aliphatic rings. The van der Waals surface area contributed by atoms with Crippen molar-refractivity contribution in [3.8, 4) is 0 Å². The van der Waals surface area contributed by atoms with E-state index in [1.807, 2.05) is 29.2 Å². The van der Waals surface area contributed by atoms with Crippen molar-refractivity contribution >= 4 is 28.3 Å². The second-order valence-electron chi connectivity index (χ2n) is 6.73. The minimum atomic E-state index is -0.269. The maximum Gasteiger partial charge on any atom is 0.323 e. The number of aromatic amines is 2. The van der Waals surface area contributed by atoms with E-state index in [1.165, 1.54) is 0 Å². The minimum Gasteiger partial charge on any atom is -0.373 e. The molecular weight excluding hydrogens is 316 g/mol. The Morgan fingerprint density at radius 2 is 1.76 bits per heavy atom. The van der Waals surface area contributed by atoms with Gasteiger partial charge in [-0.2, -0.15) is 0 Å². The SMILES string of the molecule is CC1CN(C)c2ccccc2N(C(=O)c2ccc3[nH]c(=O)[nH]c3c2)C1. The summed E-state index contributed by atoms with van der Waals surface area (Å²) in [6.07, 6.45) is 0. The quantitative estimate of drug-likeness (QED) is 0.717. The lowest BCUT2D eigenvalue weighted by Gasteiger charge is -2.24. The van der Waals surface area contributed by atoms with Gasteiger partial charge in [-0.1, -0.05) is 19.1 Å². The van der Waals surface area contributed by atoms with Gasteiger partial charge in [-0.3, -0.25) is 4.79 Å². The fourth-order valence-corrected chi connectivity index (χ4v) is 3.56. The fourth-order valence-electron chi connectivity index (χ4n) is 3.56. The van der Waals surface area contributed by atoms with Crippen molar-refractivity contribution in [2.24, 2.45) is 5.92 Å². The molecule has 1 unspecified atom stereocenters. The molecule has 0 spiro atoms. The third-order valence-corrected chi connectivity index (χ3v) is 4.67. The van der Waals surface area contributed by atoms with Gasteiger partial charge in [0.2, 0.25) is 0 Å². The molecule has 1 atom stereocenters. The number of amides is 1.